The Morgan fingerprint density at radius 1 is 1.53 bits per heavy atom. The molecule has 1 aromatic heterocycles. The number of sulfonamides is 1. The SMILES string of the molecule is C[C@@H]1CCCN(CCNS(=O)(=O)c2ccc(Br)s2)C1. The molecule has 2 heterocycles. The van der Waals surface area contributed by atoms with Crippen LogP contribution in [-0.2, 0) is 10.0 Å². The van der Waals surface area contributed by atoms with Crippen LogP contribution >= 0.6 is 27.3 Å². The Balaban J connectivity index is 1.82. The predicted molar refractivity (Wildman–Crippen MR) is 82.0 cm³/mol. The minimum Gasteiger partial charge on any atom is -0.302 e. The molecule has 1 atom stereocenters. The Labute approximate surface area is 127 Å². The van der Waals surface area contributed by atoms with Crippen LogP contribution in [0.25, 0.3) is 0 Å². The maximum absolute atomic E-state index is 12.0. The Morgan fingerprint density at radius 3 is 2.95 bits per heavy atom. The van der Waals surface area contributed by atoms with E-state index in [1.54, 1.807) is 12.1 Å². The van der Waals surface area contributed by atoms with E-state index in [0.717, 1.165) is 29.3 Å². The summed E-state index contributed by atoms with van der Waals surface area (Å²) >= 11 is 4.51. The molecule has 1 fully saturated rings. The van der Waals surface area contributed by atoms with Crippen LogP contribution in [0.2, 0.25) is 0 Å². The van der Waals surface area contributed by atoms with Crippen molar-refractivity contribution in [3.8, 4) is 0 Å². The van der Waals surface area contributed by atoms with Gasteiger partial charge in [-0.1, -0.05) is 6.92 Å². The summed E-state index contributed by atoms with van der Waals surface area (Å²) in [4.78, 5) is 2.33. The number of piperidine rings is 1. The van der Waals surface area contributed by atoms with Crippen LogP contribution in [0.1, 0.15) is 19.8 Å². The van der Waals surface area contributed by atoms with Gasteiger partial charge in [-0.05, 0) is 53.4 Å². The maximum atomic E-state index is 12.0. The second-order valence-corrected chi connectivity index (χ2v) is 9.46. The van der Waals surface area contributed by atoms with Gasteiger partial charge in [0.1, 0.15) is 4.21 Å². The Hall–Kier alpha value is 0.0500. The largest absolute Gasteiger partial charge is 0.302 e. The topological polar surface area (TPSA) is 49.4 Å². The fraction of sp³-hybridized carbons (Fsp3) is 0.667. The van der Waals surface area contributed by atoms with Crippen LogP contribution in [0, 0.1) is 5.92 Å². The van der Waals surface area contributed by atoms with Gasteiger partial charge in [0.25, 0.3) is 0 Å². The minimum absolute atomic E-state index is 0.367. The first-order valence-electron chi connectivity index (χ1n) is 6.45. The molecule has 0 radical (unpaired) electrons. The lowest BCUT2D eigenvalue weighted by Gasteiger charge is -2.30. The summed E-state index contributed by atoms with van der Waals surface area (Å²) in [7, 11) is -3.34. The molecule has 0 aromatic carbocycles. The molecule has 0 amide bonds. The molecule has 108 valence electrons. The van der Waals surface area contributed by atoms with Crippen molar-refractivity contribution in [2.75, 3.05) is 26.2 Å². The number of halogens is 1. The molecule has 0 bridgehead atoms. The molecule has 4 nitrogen and oxygen atoms in total. The molecule has 1 saturated heterocycles. The van der Waals surface area contributed by atoms with Crippen LogP contribution in [0.4, 0.5) is 0 Å². The van der Waals surface area contributed by atoms with E-state index < -0.39 is 10.0 Å². The van der Waals surface area contributed by atoms with E-state index in [4.69, 9.17) is 0 Å². The fourth-order valence-electron chi connectivity index (χ4n) is 2.34. The van der Waals surface area contributed by atoms with Crippen LogP contribution in [-0.4, -0.2) is 39.5 Å². The van der Waals surface area contributed by atoms with Crippen molar-refractivity contribution in [2.45, 2.75) is 24.0 Å². The first-order chi connectivity index (χ1) is 8.97. The molecular formula is C12H19BrN2O2S2. The van der Waals surface area contributed by atoms with Gasteiger partial charge in [0, 0.05) is 19.6 Å². The summed E-state index contributed by atoms with van der Waals surface area (Å²) in [5.41, 5.74) is 0. The van der Waals surface area contributed by atoms with Gasteiger partial charge >= 0.3 is 0 Å². The molecule has 1 aliphatic heterocycles. The number of hydrogen-bond acceptors (Lipinski definition) is 4. The number of likely N-dealkylation sites (tertiary alicyclic amines) is 1. The quantitative estimate of drug-likeness (QED) is 0.870. The van der Waals surface area contributed by atoms with Crippen molar-refractivity contribution in [1.82, 2.24) is 9.62 Å². The summed E-state index contributed by atoms with van der Waals surface area (Å²) in [5.74, 6) is 0.721. The molecular weight excluding hydrogens is 348 g/mol. The highest BCUT2D eigenvalue weighted by Gasteiger charge is 2.18. The maximum Gasteiger partial charge on any atom is 0.250 e. The van der Waals surface area contributed by atoms with Crippen LogP contribution < -0.4 is 4.72 Å². The number of nitrogens with one attached hydrogen (secondary N) is 1. The van der Waals surface area contributed by atoms with E-state index in [2.05, 4.69) is 32.5 Å². The summed E-state index contributed by atoms with van der Waals surface area (Å²) in [6.45, 7) is 5.67. The lowest BCUT2D eigenvalue weighted by atomic mass is 10.0. The zero-order valence-electron chi connectivity index (χ0n) is 10.9. The van der Waals surface area contributed by atoms with Gasteiger partial charge in [0.15, 0.2) is 0 Å². The van der Waals surface area contributed by atoms with Crippen LogP contribution in [0.3, 0.4) is 0 Å². The van der Waals surface area contributed by atoms with Gasteiger partial charge in [0.2, 0.25) is 10.0 Å². The lowest BCUT2D eigenvalue weighted by molar-refractivity contribution is 0.187. The van der Waals surface area contributed by atoms with Crippen molar-refractivity contribution < 1.29 is 8.42 Å². The van der Waals surface area contributed by atoms with E-state index in [9.17, 15) is 8.42 Å². The Morgan fingerprint density at radius 2 is 2.32 bits per heavy atom. The average molecular weight is 367 g/mol. The predicted octanol–water partition coefficient (Wildman–Crippen LogP) is 2.52. The molecule has 0 unspecified atom stereocenters. The molecule has 1 N–H and O–H groups in total. The highest BCUT2D eigenvalue weighted by atomic mass is 79.9. The van der Waals surface area contributed by atoms with Gasteiger partial charge in [-0.15, -0.1) is 11.3 Å². The molecule has 7 heteroatoms. The van der Waals surface area contributed by atoms with Gasteiger partial charge in [0.05, 0.1) is 3.79 Å². The highest BCUT2D eigenvalue weighted by molar-refractivity contribution is 9.11. The van der Waals surface area contributed by atoms with E-state index in [1.807, 2.05) is 0 Å². The van der Waals surface area contributed by atoms with Crippen molar-refractivity contribution in [3.63, 3.8) is 0 Å². The van der Waals surface area contributed by atoms with Crippen molar-refractivity contribution in [3.05, 3.63) is 15.9 Å². The molecule has 1 aliphatic rings. The van der Waals surface area contributed by atoms with Crippen molar-refractivity contribution >= 4 is 37.3 Å². The van der Waals surface area contributed by atoms with Crippen molar-refractivity contribution in [2.24, 2.45) is 5.92 Å². The standard InChI is InChI=1S/C12H19BrN2O2S2/c1-10-3-2-7-15(9-10)8-6-14-19(16,17)12-5-4-11(13)18-12/h4-5,10,14H,2-3,6-9H2,1H3/t10-/m1/s1. The number of thiophene rings is 1. The molecule has 2 rings (SSSR count). The number of rotatable bonds is 5. The smallest absolute Gasteiger partial charge is 0.250 e. The summed E-state index contributed by atoms with van der Waals surface area (Å²) in [5, 5.41) is 0. The lowest BCUT2D eigenvalue weighted by Crippen LogP contribution is -2.39. The summed E-state index contributed by atoms with van der Waals surface area (Å²) in [6, 6.07) is 3.38. The Bertz CT molecular complexity index is 516. The van der Waals surface area contributed by atoms with Gasteiger partial charge in [-0.25, -0.2) is 13.1 Å². The second kappa shape index (κ2) is 6.67. The van der Waals surface area contributed by atoms with Gasteiger partial charge < -0.3 is 4.90 Å². The first kappa shape index (κ1) is 15.4. The van der Waals surface area contributed by atoms with Gasteiger partial charge in [-0.3, -0.25) is 0 Å². The van der Waals surface area contributed by atoms with E-state index >= 15 is 0 Å². The average Bonchev–Trinajstić information content (AvgIpc) is 2.76. The third-order valence-electron chi connectivity index (χ3n) is 3.27. The molecule has 0 aliphatic carbocycles. The normalized spacial score (nSPS) is 21.7. The zero-order valence-corrected chi connectivity index (χ0v) is 14.2. The fourth-order valence-corrected chi connectivity index (χ4v) is 5.42. The number of hydrogen-bond donors (Lipinski definition) is 1. The van der Waals surface area contributed by atoms with E-state index in [1.165, 1.54) is 24.2 Å². The van der Waals surface area contributed by atoms with Gasteiger partial charge in [-0.2, -0.15) is 0 Å². The van der Waals surface area contributed by atoms with Crippen LogP contribution in [0.5, 0.6) is 0 Å². The zero-order chi connectivity index (χ0) is 13.9. The van der Waals surface area contributed by atoms with Crippen molar-refractivity contribution in [1.29, 1.82) is 0 Å². The third kappa shape index (κ3) is 4.53. The Kier molecular flexibility index (Phi) is 5.42. The van der Waals surface area contributed by atoms with E-state index in [0.29, 0.717) is 10.8 Å². The monoisotopic (exact) mass is 366 g/mol. The highest BCUT2D eigenvalue weighted by Crippen LogP contribution is 2.25. The minimum atomic E-state index is -3.34. The number of nitrogens with zero attached hydrogens (tertiary/aromatic N) is 1. The van der Waals surface area contributed by atoms with E-state index in [-0.39, 0.29) is 0 Å². The molecule has 19 heavy (non-hydrogen) atoms. The molecule has 1 aromatic rings. The summed E-state index contributed by atoms with van der Waals surface area (Å²) < 4.78 is 27.9. The molecule has 0 spiro atoms. The van der Waals surface area contributed by atoms with Crippen LogP contribution in [0.15, 0.2) is 20.1 Å². The third-order valence-corrected chi connectivity index (χ3v) is 6.85. The second-order valence-electron chi connectivity index (χ2n) is 5.00. The molecule has 0 saturated carbocycles. The first-order valence-corrected chi connectivity index (χ1v) is 9.54. The summed E-state index contributed by atoms with van der Waals surface area (Å²) in [6.07, 6.45) is 2.50.